The highest BCUT2D eigenvalue weighted by Gasteiger charge is 2.09. The van der Waals surface area contributed by atoms with Crippen LogP contribution in [0.4, 0.5) is 0 Å². The second kappa shape index (κ2) is 6.30. The molecule has 1 aromatic carbocycles. The van der Waals surface area contributed by atoms with Gasteiger partial charge in [-0.05, 0) is 21.5 Å². The van der Waals surface area contributed by atoms with Gasteiger partial charge in [0.05, 0.1) is 0 Å². The predicted octanol–water partition coefficient (Wildman–Crippen LogP) is 2.34. The number of benzene rings is 1. The first-order valence-corrected chi connectivity index (χ1v) is 5.38. The average Bonchev–Trinajstić information content (AvgIpc) is 2.35. The van der Waals surface area contributed by atoms with E-state index < -0.39 is 6.61 Å². The van der Waals surface area contributed by atoms with Crippen LogP contribution in [0.5, 0.6) is 0 Å². The molecule has 86 valence electrons. The van der Waals surface area contributed by atoms with Crippen molar-refractivity contribution in [1.82, 2.24) is 0 Å². The molecule has 16 heavy (non-hydrogen) atoms. The van der Waals surface area contributed by atoms with Crippen molar-refractivity contribution < 1.29 is 14.9 Å². The summed E-state index contributed by atoms with van der Waals surface area (Å²) in [6.45, 7) is -0.287. The van der Waals surface area contributed by atoms with Crippen LogP contribution in [0, 0.1) is 5.41 Å². The number of hydrogen-bond acceptors (Lipinski definition) is 4. The van der Waals surface area contributed by atoms with Gasteiger partial charge in [0.15, 0.2) is 0 Å². The molecule has 0 aromatic heterocycles. The van der Waals surface area contributed by atoms with Crippen LogP contribution in [-0.4, -0.2) is 22.7 Å². The summed E-state index contributed by atoms with van der Waals surface area (Å²) in [5, 5.41) is 25.3. The minimum absolute atomic E-state index is 0.0610. The number of hydrogen-bond donors (Lipinski definition) is 3. The van der Waals surface area contributed by atoms with Crippen LogP contribution in [0.3, 0.4) is 0 Å². The number of nitrogens with one attached hydrogen (secondary N) is 1. The summed E-state index contributed by atoms with van der Waals surface area (Å²) in [5.41, 5.74) is 0.927. The molecule has 5 heteroatoms. The monoisotopic (exact) mass is 285 g/mol. The number of rotatable bonds is 4. The van der Waals surface area contributed by atoms with E-state index in [9.17, 15) is 0 Å². The maximum Gasteiger partial charge on any atom is 0.224 e. The van der Waals surface area contributed by atoms with Gasteiger partial charge in [0.2, 0.25) is 5.90 Å². The Labute approximate surface area is 102 Å². The van der Waals surface area contributed by atoms with Gasteiger partial charge < -0.3 is 14.9 Å². The van der Waals surface area contributed by atoms with Crippen molar-refractivity contribution in [3.8, 4) is 0 Å². The Morgan fingerprint density at radius 1 is 1.31 bits per heavy atom. The quantitative estimate of drug-likeness (QED) is 0.452. The SMILES string of the molecule is N=C(OCc1ccccc1)/C(Br)=C(\O)CO. The second-order valence-corrected chi connectivity index (χ2v) is 3.82. The van der Waals surface area contributed by atoms with Gasteiger partial charge in [-0.2, -0.15) is 0 Å². The standard InChI is InChI=1S/C11H12BrNO3/c12-10(9(15)6-14)11(13)16-7-8-4-2-1-3-5-8/h1-5,13-15H,6-7H2/b10-9+,13-11?. The van der Waals surface area contributed by atoms with Crippen molar-refractivity contribution in [3.63, 3.8) is 0 Å². The van der Waals surface area contributed by atoms with E-state index in [1.54, 1.807) is 0 Å². The highest BCUT2D eigenvalue weighted by atomic mass is 79.9. The smallest absolute Gasteiger partial charge is 0.224 e. The number of aliphatic hydroxyl groups is 2. The first kappa shape index (κ1) is 12.7. The lowest BCUT2D eigenvalue weighted by Gasteiger charge is -2.07. The molecule has 0 unspecified atom stereocenters. The lowest BCUT2D eigenvalue weighted by Crippen LogP contribution is -2.07. The van der Waals surface area contributed by atoms with E-state index in [2.05, 4.69) is 15.9 Å². The Bertz CT molecular complexity index is 389. The number of aliphatic hydroxyl groups excluding tert-OH is 2. The van der Waals surface area contributed by atoms with Crippen LogP contribution in [-0.2, 0) is 11.3 Å². The molecule has 1 rings (SSSR count). The van der Waals surface area contributed by atoms with Crippen LogP contribution >= 0.6 is 15.9 Å². The molecule has 0 bridgehead atoms. The van der Waals surface area contributed by atoms with E-state index in [-0.39, 0.29) is 22.7 Å². The molecule has 1 aromatic rings. The van der Waals surface area contributed by atoms with Crippen LogP contribution < -0.4 is 0 Å². The zero-order valence-corrected chi connectivity index (χ0v) is 10.1. The average molecular weight is 286 g/mol. The molecule has 0 amide bonds. The summed E-state index contributed by atoms with van der Waals surface area (Å²) in [5.74, 6) is -0.534. The van der Waals surface area contributed by atoms with Gasteiger partial charge in [0.25, 0.3) is 0 Å². The summed E-state index contributed by atoms with van der Waals surface area (Å²) in [6.07, 6.45) is 0. The molecular weight excluding hydrogens is 274 g/mol. The van der Waals surface area contributed by atoms with Gasteiger partial charge in [0, 0.05) is 0 Å². The lowest BCUT2D eigenvalue weighted by atomic mass is 10.2. The van der Waals surface area contributed by atoms with Crippen molar-refractivity contribution >= 4 is 21.8 Å². The van der Waals surface area contributed by atoms with E-state index in [0.717, 1.165) is 5.56 Å². The van der Waals surface area contributed by atoms with E-state index in [1.165, 1.54) is 0 Å². The van der Waals surface area contributed by atoms with E-state index in [0.29, 0.717) is 0 Å². The molecule has 0 saturated carbocycles. The second-order valence-electron chi connectivity index (χ2n) is 3.02. The molecule has 0 aliphatic heterocycles. The fourth-order valence-corrected chi connectivity index (χ4v) is 1.23. The molecule has 3 N–H and O–H groups in total. The highest BCUT2D eigenvalue weighted by Crippen LogP contribution is 2.13. The van der Waals surface area contributed by atoms with Crippen LogP contribution in [0.15, 0.2) is 40.6 Å². The first-order valence-electron chi connectivity index (χ1n) is 4.59. The Hall–Kier alpha value is -1.33. The van der Waals surface area contributed by atoms with E-state index >= 15 is 0 Å². The largest absolute Gasteiger partial charge is 0.508 e. The molecule has 0 radical (unpaired) electrons. The molecule has 0 saturated heterocycles. The molecule has 0 aliphatic carbocycles. The normalized spacial score (nSPS) is 11.9. The number of halogens is 1. The van der Waals surface area contributed by atoms with Gasteiger partial charge in [-0.25, -0.2) is 0 Å². The van der Waals surface area contributed by atoms with Gasteiger partial charge in [0.1, 0.15) is 23.5 Å². The van der Waals surface area contributed by atoms with Crippen molar-refractivity contribution in [1.29, 1.82) is 5.41 Å². The molecule has 4 nitrogen and oxygen atoms in total. The van der Waals surface area contributed by atoms with Crippen molar-refractivity contribution in [3.05, 3.63) is 46.1 Å². The lowest BCUT2D eigenvalue weighted by molar-refractivity contribution is 0.249. The Balaban J connectivity index is 2.54. The van der Waals surface area contributed by atoms with Crippen LogP contribution in [0.25, 0.3) is 0 Å². The minimum Gasteiger partial charge on any atom is -0.508 e. The third-order valence-electron chi connectivity index (χ3n) is 1.83. The fraction of sp³-hybridized carbons (Fsp3) is 0.182. The van der Waals surface area contributed by atoms with Crippen LogP contribution in [0.2, 0.25) is 0 Å². The Kier molecular flexibility index (Phi) is 5.01. The van der Waals surface area contributed by atoms with Crippen LogP contribution in [0.1, 0.15) is 5.56 Å². The topological polar surface area (TPSA) is 73.5 Å². The zero-order valence-electron chi connectivity index (χ0n) is 8.48. The van der Waals surface area contributed by atoms with Gasteiger partial charge in [-0.1, -0.05) is 30.3 Å². The third-order valence-corrected chi connectivity index (χ3v) is 2.65. The molecule has 0 atom stereocenters. The minimum atomic E-state index is -0.530. The van der Waals surface area contributed by atoms with Crippen molar-refractivity contribution in [2.75, 3.05) is 6.61 Å². The zero-order chi connectivity index (χ0) is 12.0. The molecular formula is C11H12BrNO3. The van der Waals surface area contributed by atoms with Gasteiger partial charge in [-0.15, -0.1) is 0 Å². The Morgan fingerprint density at radius 2 is 1.94 bits per heavy atom. The van der Waals surface area contributed by atoms with E-state index in [4.69, 9.17) is 20.4 Å². The van der Waals surface area contributed by atoms with Crippen molar-refractivity contribution in [2.24, 2.45) is 0 Å². The maximum absolute atomic E-state index is 9.16. The van der Waals surface area contributed by atoms with Crippen molar-refractivity contribution in [2.45, 2.75) is 6.61 Å². The summed E-state index contributed by atoms with van der Waals surface area (Å²) in [4.78, 5) is 0. The summed E-state index contributed by atoms with van der Waals surface area (Å²) >= 11 is 2.96. The molecule has 0 fully saturated rings. The van der Waals surface area contributed by atoms with Gasteiger partial charge in [-0.3, -0.25) is 5.41 Å². The molecule has 0 spiro atoms. The van der Waals surface area contributed by atoms with E-state index in [1.807, 2.05) is 30.3 Å². The summed E-state index contributed by atoms with van der Waals surface area (Å²) in [7, 11) is 0. The highest BCUT2D eigenvalue weighted by molar-refractivity contribution is 9.12. The molecule has 0 heterocycles. The predicted molar refractivity (Wildman–Crippen MR) is 64.6 cm³/mol. The van der Waals surface area contributed by atoms with Gasteiger partial charge >= 0.3 is 0 Å². The number of ether oxygens (including phenoxy) is 1. The first-order chi connectivity index (χ1) is 7.65. The third kappa shape index (κ3) is 3.67. The summed E-state index contributed by atoms with van der Waals surface area (Å²) in [6, 6.07) is 9.38. The Morgan fingerprint density at radius 3 is 2.50 bits per heavy atom. The fourth-order valence-electron chi connectivity index (χ4n) is 0.994. The maximum atomic E-state index is 9.16. The summed E-state index contributed by atoms with van der Waals surface area (Å²) < 4.78 is 5.18. The molecule has 0 aliphatic rings.